The van der Waals surface area contributed by atoms with E-state index >= 15 is 0 Å². The van der Waals surface area contributed by atoms with Gasteiger partial charge in [0.05, 0.1) is 6.54 Å². The van der Waals surface area contributed by atoms with Crippen LogP contribution in [-0.2, 0) is 0 Å². The molecule has 0 fully saturated rings. The Kier molecular flexibility index (Phi) is 4.85. The summed E-state index contributed by atoms with van der Waals surface area (Å²) in [5.74, 6) is 5.34. The summed E-state index contributed by atoms with van der Waals surface area (Å²) >= 11 is 3.14. The van der Waals surface area contributed by atoms with Gasteiger partial charge in [0.15, 0.2) is 0 Å². The fourth-order valence-electron chi connectivity index (χ4n) is 1.02. The lowest BCUT2D eigenvalue weighted by Crippen LogP contribution is -2.17. The second-order valence-corrected chi connectivity index (χ2v) is 3.88. The molecule has 0 aromatic heterocycles. The Hall–Kier alpha value is -1.19. The molecule has 0 amide bonds. The fraction of sp³-hybridized carbons (Fsp3) is 0.273. The number of benzene rings is 1. The Balaban J connectivity index is 2.84. The average Bonchev–Trinajstić information content (AvgIpc) is 2.19. The quantitative estimate of drug-likeness (QED) is 0.848. The first-order valence-corrected chi connectivity index (χ1v) is 5.40. The first-order valence-electron chi connectivity index (χ1n) is 4.61. The molecule has 17 heavy (non-hydrogen) atoms. The van der Waals surface area contributed by atoms with Crippen LogP contribution in [-0.4, -0.2) is 20.0 Å². The topological polar surface area (TPSA) is 21.3 Å². The maximum absolute atomic E-state index is 11.9. The second-order valence-electron chi connectivity index (χ2n) is 3.02. The zero-order valence-corrected chi connectivity index (χ0v) is 10.4. The number of nitrogens with one attached hydrogen (secondary N) is 1. The number of ether oxygens (including phenoxy) is 1. The number of alkyl halides is 3. The van der Waals surface area contributed by atoms with Crippen LogP contribution in [0.25, 0.3) is 0 Å². The predicted molar refractivity (Wildman–Crippen MR) is 61.6 cm³/mol. The highest BCUT2D eigenvalue weighted by atomic mass is 79.9. The van der Waals surface area contributed by atoms with Crippen molar-refractivity contribution in [2.75, 3.05) is 13.6 Å². The normalized spacial score (nSPS) is 10.6. The molecule has 92 valence electrons. The zero-order chi connectivity index (χ0) is 12.9. The highest BCUT2D eigenvalue weighted by molar-refractivity contribution is 9.10. The van der Waals surface area contributed by atoms with Crippen molar-refractivity contribution < 1.29 is 17.9 Å². The predicted octanol–water partition coefficient (Wildman–Crippen LogP) is 2.92. The van der Waals surface area contributed by atoms with Crippen LogP contribution in [0.2, 0.25) is 0 Å². The van der Waals surface area contributed by atoms with Gasteiger partial charge in [0.2, 0.25) is 0 Å². The molecule has 1 aromatic carbocycles. The van der Waals surface area contributed by atoms with Crippen molar-refractivity contribution in [2.45, 2.75) is 6.36 Å². The van der Waals surface area contributed by atoms with Crippen LogP contribution in [0.3, 0.4) is 0 Å². The van der Waals surface area contributed by atoms with Crippen LogP contribution < -0.4 is 10.1 Å². The molecule has 6 heteroatoms. The molecule has 0 bridgehead atoms. The van der Waals surface area contributed by atoms with Crippen molar-refractivity contribution >= 4 is 15.9 Å². The summed E-state index contributed by atoms with van der Waals surface area (Å²) in [5, 5.41) is 2.84. The van der Waals surface area contributed by atoms with Crippen LogP contribution >= 0.6 is 15.9 Å². The van der Waals surface area contributed by atoms with Crippen molar-refractivity contribution in [1.82, 2.24) is 5.32 Å². The van der Waals surface area contributed by atoms with E-state index in [9.17, 15) is 13.2 Å². The third kappa shape index (κ3) is 5.11. The summed E-state index contributed by atoms with van der Waals surface area (Å²) in [6, 6.07) is 3.92. The number of hydrogen-bond donors (Lipinski definition) is 1. The molecule has 1 aromatic rings. The average molecular weight is 308 g/mol. The molecule has 0 unspecified atom stereocenters. The molecule has 0 heterocycles. The third-order valence-corrected chi connectivity index (χ3v) is 2.32. The lowest BCUT2D eigenvalue weighted by molar-refractivity contribution is -0.274. The molecule has 0 spiro atoms. The second kappa shape index (κ2) is 5.94. The SMILES string of the molecule is CNCC#Cc1ccc(OC(F)(F)F)cc1Br. The van der Waals surface area contributed by atoms with Crippen molar-refractivity contribution in [1.29, 1.82) is 0 Å². The van der Waals surface area contributed by atoms with Gasteiger partial charge < -0.3 is 10.1 Å². The molecule has 0 aliphatic heterocycles. The minimum atomic E-state index is -4.68. The Morgan fingerprint density at radius 2 is 2.12 bits per heavy atom. The van der Waals surface area contributed by atoms with Gasteiger partial charge in [-0.3, -0.25) is 0 Å². The molecule has 1 rings (SSSR count). The summed E-state index contributed by atoms with van der Waals surface area (Å²) in [6.07, 6.45) is -4.68. The van der Waals surface area contributed by atoms with Gasteiger partial charge in [-0.15, -0.1) is 13.2 Å². The molecule has 0 saturated carbocycles. The summed E-state index contributed by atoms with van der Waals surface area (Å²) in [7, 11) is 1.75. The Labute approximate surface area is 105 Å². The van der Waals surface area contributed by atoms with Crippen LogP contribution in [0.15, 0.2) is 22.7 Å². The van der Waals surface area contributed by atoms with Crippen molar-refractivity contribution in [2.24, 2.45) is 0 Å². The van der Waals surface area contributed by atoms with Gasteiger partial charge in [-0.25, -0.2) is 0 Å². The number of halogens is 4. The van der Waals surface area contributed by atoms with Gasteiger partial charge in [-0.1, -0.05) is 11.8 Å². The molecular weight excluding hydrogens is 299 g/mol. The van der Waals surface area contributed by atoms with E-state index in [0.29, 0.717) is 16.6 Å². The largest absolute Gasteiger partial charge is 0.573 e. The smallest absolute Gasteiger partial charge is 0.406 e. The molecule has 0 aliphatic carbocycles. The zero-order valence-electron chi connectivity index (χ0n) is 8.86. The van der Waals surface area contributed by atoms with Gasteiger partial charge in [0.1, 0.15) is 5.75 Å². The molecular formula is C11H9BrF3NO. The first-order chi connectivity index (χ1) is 7.92. The van der Waals surface area contributed by atoms with Gasteiger partial charge in [-0.05, 0) is 41.2 Å². The summed E-state index contributed by atoms with van der Waals surface area (Å²) in [5.41, 5.74) is 0.606. The highest BCUT2D eigenvalue weighted by Crippen LogP contribution is 2.27. The van der Waals surface area contributed by atoms with E-state index < -0.39 is 6.36 Å². The Morgan fingerprint density at radius 1 is 1.41 bits per heavy atom. The van der Waals surface area contributed by atoms with Crippen molar-refractivity contribution in [3.8, 4) is 17.6 Å². The highest BCUT2D eigenvalue weighted by Gasteiger charge is 2.31. The third-order valence-electron chi connectivity index (χ3n) is 1.66. The minimum absolute atomic E-state index is 0.274. The van der Waals surface area contributed by atoms with E-state index in [1.807, 2.05) is 0 Å². The first kappa shape index (κ1) is 13.9. The van der Waals surface area contributed by atoms with E-state index in [0.717, 1.165) is 0 Å². The standard InChI is InChI=1S/C11H9BrF3NO/c1-16-6-2-3-8-4-5-9(7-10(8)12)17-11(13,14)15/h4-5,7,16H,6H2,1H3. The van der Waals surface area contributed by atoms with E-state index in [2.05, 4.69) is 37.8 Å². The van der Waals surface area contributed by atoms with E-state index in [1.54, 1.807) is 7.05 Å². The van der Waals surface area contributed by atoms with Gasteiger partial charge in [0, 0.05) is 10.0 Å². The van der Waals surface area contributed by atoms with Crippen LogP contribution in [0, 0.1) is 11.8 Å². The molecule has 2 nitrogen and oxygen atoms in total. The monoisotopic (exact) mass is 307 g/mol. The summed E-state index contributed by atoms with van der Waals surface area (Å²) in [4.78, 5) is 0. The van der Waals surface area contributed by atoms with Crippen LogP contribution in [0.5, 0.6) is 5.75 Å². The summed E-state index contributed by atoms with van der Waals surface area (Å²) < 4.78 is 40.1. The molecule has 0 atom stereocenters. The molecule has 1 N–H and O–H groups in total. The number of rotatable bonds is 2. The van der Waals surface area contributed by atoms with Crippen LogP contribution in [0.1, 0.15) is 5.56 Å². The van der Waals surface area contributed by atoms with Gasteiger partial charge >= 0.3 is 6.36 Å². The number of hydrogen-bond acceptors (Lipinski definition) is 2. The summed E-state index contributed by atoms with van der Waals surface area (Å²) in [6.45, 7) is 0.507. The van der Waals surface area contributed by atoms with E-state index in [4.69, 9.17) is 0 Å². The lowest BCUT2D eigenvalue weighted by Gasteiger charge is -2.09. The van der Waals surface area contributed by atoms with Crippen molar-refractivity contribution in [3.05, 3.63) is 28.2 Å². The van der Waals surface area contributed by atoms with E-state index in [1.165, 1.54) is 18.2 Å². The maximum Gasteiger partial charge on any atom is 0.573 e. The molecule has 0 saturated heterocycles. The van der Waals surface area contributed by atoms with Gasteiger partial charge in [0.25, 0.3) is 0 Å². The van der Waals surface area contributed by atoms with Crippen molar-refractivity contribution in [3.63, 3.8) is 0 Å². The molecule has 0 aliphatic rings. The molecule has 0 radical (unpaired) electrons. The maximum atomic E-state index is 11.9. The van der Waals surface area contributed by atoms with Crippen LogP contribution in [0.4, 0.5) is 13.2 Å². The minimum Gasteiger partial charge on any atom is -0.406 e. The Morgan fingerprint density at radius 3 is 2.65 bits per heavy atom. The van der Waals surface area contributed by atoms with Gasteiger partial charge in [-0.2, -0.15) is 0 Å². The lowest BCUT2D eigenvalue weighted by atomic mass is 10.2. The Bertz CT molecular complexity index is 448. The van der Waals surface area contributed by atoms with E-state index in [-0.39, 0.29) is 5.75 Å². The fourth-order valence-corrected chi connectivity index (χ4v) is 1.48.